The van der Waals surface area contributed by atoms with Crippen molar-refractivity contribution in [3.63, 3.8) is 0 Å². The first-order chi connectivity index (χ1) is 23.6. The Morgan fingerprint density at radius 2 is 1.76 bits per heavy atom. The second-order valence-corrected chi connectivity index (χ2v) is 16.4. The molecule has 2 aromatic heterocycles. The highest BCUT2D eigenvalue weighted by Gasteiger charge is 2.45. The number of hydrogen-bond acceptors (Lipinski definition) is 8. The lowest BCUT2D eigenvalue weighted by atomic mass is 9.74. The predicted molar refractivity (Wildman–Crippen MR) is 189 cm³/mol. The molecule has 1 aliphatic carbocycles. The zero-order valence-corrected chi connectivity index (χ0v) is 30.3. The quantitative estimate of drug-likeness (QED) is 0.220. The van der Waals surface area contributed by atoms with Crippen LogP contribution < -0.4 is 14.2 Å². The number of pyridine rings is 1. The normalized spacial score (nSPS) is 20.5. The van der Waals surface area contributed by atoms with Gasteiger partial charge in [-0.25, -0.2) is 22.5 Å². The second kappa shape index (κ2) is 13.6. The first kappa shape index (κ1) is 35.3. The lowest BCUT2D eigenvalue weighted by Crippen LogP contribution is -2.56. The van der Waals surface area contributed by atoms with E-state index in [0.717, 1.165) is 16.7 Å². The number of nitrogens with one attached hydrogen (secondary N) is 1. The molecule has 12 heteroatoms. The number of hydrogen-bond donors (Lipinski definition) is 1. The SMILES string of the molecule is Cc1cccc(C)c1-c1cc2nc(n1)NS(=O)(=O)c1cccc(c1)C(=O)N(C1CCC1c1ncc(OC(C)C)cc1F)[C@H](CC(C)(C)C)CO2. The van der Waals surface area contributed by atoms with Gasteiger partial charge in [0, 0.05) is 35.2 Å². The maximum Gasteiger partial charge on any atom is 0.264 e. The van der Waals surface area contributed by atoms with Gasteiger partial charge in [-0.2, -0.15) is 4.98 Å². The van der Waals surface area contributed by atoms with Crippen molar-refractivity contribution in [2.24, 2.45) is 5.41 Å². The highest BCUT2D eigenvalue weighted by atomic mass is 32.2. The van der Waals surface area contributed by atoms with Gasteiger partial charge in [0.1, 0.15) is 18.2 Å². The maximum absolute atomic E-state index is 15.6. The summed E-state index contributed by atoms with van der Waals surface area (Å²) in [4.78, 5) is 29.9. The van der Waals surface area contributed by atoms with E-state index < -0.39 is 27.9 Å². The van der Waals surface area contributed by atoms with Gasteiger partial charge < -0.3 is 14.4 Å². The molecule has 10 nitrogen and oxygen atoms in total. The van der Waals surface area contributed by atoms with Crippen molar-refractivity contribution in [1.29, 1.82) is 0 Å². The average molecular weight is 702 g/mol. The number of rotatable bonds is 6. The number of carbonyl (C=O) groups excluding carboxylic acids is 1. The fourth-order valence-electron chi connectivity index (χ4n) is 6.90. The van der Waals surface area contributed by atoms with Gasteiger partial charge >= 0.3 is 0 Å². The van der Waals surface area contributed by atoms with E-state index in [1.54, 1.807) is 23.1 Å². The molecule has 3 atom stereocenters. The number of sulfonamides is 1. The van der Waals surface area contributed by atoms with Crippen LogP contribution in [0.15, 0.2) is 65.7 Å². The van der Waals surface area contributed by atoms with Gasteiger partial charge in [0.25, 0.3) is 15.9 Å². The largest absolute Gasteiger partial charge is 0.489 e. The van der Waals surface area contributed by atoms with Crippen molar-refractivity contribution < 1.29 is 27.1 Å². The van der Waals surface area contributed by atoms with E-state index in [0.29, 0.717) is 30.7 Å². The molecule has 2 aliphatic rings. The maximum atomic E-state index is 15.6. The Hall–Kier alpha value is -4.58. The Labute approximate surface area is 293 Å². The highest BCUT2D eigenvalue weighted by Crippen LogP contribution is 2.44. The van der Waals surface area contributed by atoms with Gasteiger partial charge in [-0.1, -0.05) is 45.0 Å². The number of ether oxygens (including phenoxy) is 2. The van der Waals surface area contributed by atoms with Crippen LogP contribution in [0.4, 0.5) is 10.3 Å². The summed E-state index contributed by atoms with van der Waals surface area (Å²) in [6.07, 6.45) is 3.15. The lowest BCUT2D eigenvalue weighted by molar-refractivity contribution is 0.0156. The molecule has 6 rings (SSSR count). The predicted octanol–water partition coefficient (Wildman–Crippen LogP) is 7.47. The summed E-state index contributed by atoms with van der Waals surface area (Å²) in [5, 5.41) is 0. The summed E-state index contributed by atoms with van der Waals surface area (Å²) < 4.78 is 57.7. The highest BCUT2D eigenvalue weighted by molar-refractivity contribution is 7.92. The molecule has 1 amide bonds. The van der Waals surface area contributed by atoms with Crippen molar-refractivity contribution in [1.82, 2.24) is 19.9 Å². The van der Waals surface area contributed by atoms with Crippen LogP contribution in [-0.2, 0) is 10.0 Å². The molecule has 1 N–H and O–H groups in total. The molecule has 0 radical (unpaired) electrons. The average Bonchev–Trinajstić information content (AvgIpc) is 3.01. The molecular formula is C38H44FN5O5S. The summed E-state index contributed by atoms with van der Waals surface area (Å²) in [7, 11) is -4.22. The molecule has 2 aromatic carbocycles. The summed E-state index contributed by atoms with van der Waals surface area (Å²) >= 11 is 0. The van der Waals surface area contributed by atoms with Crippen LogP contribution in [0, 0.1) is 25.1 Å². The molecule has 4 bridgehead atoms. The van der Waals surface area contributed by atoms with E-state index in [4.69, 9.17) is 9.47 Å². The van der Waals surface area contributed by atoms with E-state index in [9.17, 15) is 13.2 Å². The summed E-state index contributed by atoms with van der Waals surface area (Å²) in [5.74, 6) is -0.905. The van der Waals surface area contributed by atoms with E-state index in [1.165, 1.54) is 24.4 Å². The first-order valence-electron chi connectivity index (χ1n) is 17.0. The number of anilines is 1. The Bertz CT molecular complexity index is 2010. The molecular weight excluding hydrogens is 658 g/mol. The molecule has 1 saturated carbocycles. The van der Waals surface area contributed by atoms with Crippen molar-refractivity contribution in [3.8, 4) is 22.9 Å². The second-order valence-electron chi connectivity index (χ2n) is 14.7. The zero-order valence-electron chi connectivity index (χ0n) is 29.5. The van der Waals surface area contributed by atoms with Crippen LogP contribution in [0.5, 0.6) is 11.6 Å². The molecule has 1 fully saturated rings. The number of halogens is 1. The molecule has 1 aliphatic heterocycles. The van der Waals surface area contributed by atoms with E-state index >= 15 is 4.39 Å². The standard InChI is InChI=1S/C38H44FN5O5S/c1-22(2)49-27-17-30(39)35(40-20-27)29-14-15-32(29)44-26(19-38(5,6)7)21-48-33-18-31(34-23(3)10-8-11-24(34)4)41-37(42-33)43-50(46,47)28-13-9-12-25(16-28)36(44)45/h8-13,16-18,20,22,26,29,32H,14-15,19,21H2,1-7H3,(H,41,42,43)/t26-,29?,32?/m1/s1. The lowest BCUT2D eigenvalue weighted by Gasteiger charge is -2.48. The zero-order chi connectivity index (χ0) is 36.0. The summed E-state index contributed by atoms with van der Waals surface area (Å²) in [6.45, 7) is 14.0. The Morgan fingerprint density at radius 1 is 1.04 bits per heavy atom. The Kier molecular flexibility index (Phi) is 9.60. The first-order valence-corrected chi connectivity index (χ1v) is 18.4. The van der Waals surface area contributed by atoms with Crippen LogP contribution in [0.3, 0.4) is 0 Å². The number of benzene rings is 2. The van der Waals surface area contributed by atoms with Gasteiger partial charge in [0.15, 0.2) is 0 Å². The van der Waals surface area contributed by atoms with Gasteiger partial charge in [0.2, 0.25) is 11.8 Å². The number of aryl methyl sites for hydroxylation is 2. The summed E-state index contributed by atoms with van der Waals surface area (Å²) in [5.41, 5.74) is 3.46. The smallest absolute Gasteiger partial charge is 0.264 e. The van der Waals surface area contributed by atoms with Crippen molar-refractivity contribution in [2.75, 3.05) is 11.3 Å². The molecule has 4 aromatic rings. The van der Waals surface area contributed by atoms with Crippen LogP contribution >= 0.6 is 0 Å². The third-order valence-corrected chi connectivity index (χ3v) is 10.4. The van der Waals surface area contributed by atoms with Crippen LogP contribution in [0.1, 0.15) is 87.0 Å². The third kappa shape index (κ3) is 7.45. The van der Waals surface area contributed by atoms with Gasteiger partial charge in [0.05, 0.1) is 34.6 Å². The topological polar surface area (TPSA) is 124 Å². The number of carbonyl (C=O) groups is 1. The minimum absolute atomic E-state index is 0.0540. The van der Waals surface area contributed by atoms with E-state index in [1.807, 2.05) is 45.9 Å². The molecule has 0 saturated heterocycles. The molecule has 3 heterocycles. The van der Waals surface area contributed by atoms with Crippen LogP contribution in [0.2, 0.25) is 0 Å². The van der Waals surface area contributed by atoms with Crippen molar-refractivity contribution >= 4 is 21.9 Å². The van der Waals surface area contributed by atoms with Crippen molar-refractivity contribution in [3.05, 3.63) is 89.0 Å². The van der Waals surface area contributed by atoms with E-state index in [-0.39, 0.29) is 57.9 Å². The third-order valence-electron chi connectivity index (χ3n) is 9.12. The number of nitrogens with zero attached hydrogens (tertiary/aromatic N) is 4. The van der Waals surface area contributed by atoms with E-state index in [2.05, 4.69) is 40.4 Å². The van der Waals surface area contributed by atoms with Crippen LogP contribution in [0.25, 0.3) is 11.3 Å². The van der Waals surface area contributed by atoms with Crippen molar-refractivity contribution in [2.45, 2.75) is 96.7 Å². The Balaban J connectivity index is 1.48. The number of amides is 1. The van der Waals surface area contributed by atoms with Gasteiger partial charge in [-0.05, 0) is 81.7 Å². The molecule has 264 valence electrons. The minimum Gasteiger partial charge on any atom is -0.489 e. The fraction of sp³-hybridized carbons (Fsp3) is 0.421. The molecule has 0 spiro atoms. The minimum atomic E-state index is -4.22. The van der Waals surface area contributed by atoms with Gasteiger partial charge in [-0.15, -0.1) is 0 Å². The van der Waals surface area contributed by atoms with Gasteiger partial charge in [-0.3, -0.25) is 9.78 Å². The summed E-state index contributed by atoms with van der Waals surface area (Å²) in [6, 6.07) is 13.9. The Morgan fingerprint density at radius 3 is 2.40 bits per heavy atom. The number of fused-ring (bicyclic) bond motifs is 4. The number of aromatic nitrogens is 3. The molecule has 50 heavy (non-hydrogen) atoms. The van der Waals surface area contributed by atoms with Crippen LogP contribution in [-0.4, -0.2) is 59.0 Å². The fourth-order valence-corrected chi connectivity index (χ4v) is 7.89. The molecule has 2 unspecified atom stereocenters. The monoisotopic (exact) mass is 701 g/mol.